The largest absolute Gasteiger partial charge is 0.495 e. The standard InChI is InChI=1S/C20H18BrClN4O3/c1-25(12-19(27)24-17-9-15(22)5-8-18(17)29-2)20(28)13-3-6-16(7-4-13)26-11-14(21)10-23-26/h3-11H,12H2,1-2H3,(H,24,27). The SMILES string of the molecule is COc1ccc(Cl)cc1NC(=O)CN(C)C(=O)c1ccc(-n2cc(Br)cn2)cc1. The van der Waals surface area contributed by atoms with Gasteiger partial charge in [-0.25, -0.2) is 4.68 Å². The normalized spacial score (nSPS) is 10.5. The van der Waals surface area contributed by atoms with E-state index in [2.05, 4.69) is 26.3 Å². The first kappa shape index (κ1) is 20.9. The maximum atomic E-state index is 12.6. The summed E-state index contributed by atoms with van der Waals surface area (Å²) in [7, 11) is 3.07. The van der Waals surface area contributed by atoms with Crippen molar-refractivity contribution in [2.75, 3.05) is 26.0 Å². The van der Waals surface area contributed by atoms with E-state index >= 15 is 0 Å². The van der Waals surface area contributed by atoms with Gasteiger partial charge < -0.3 is 15.0 Å². The summed E-state index contributed by atoms with van der Waals surface area (Å²) in [6.07, 6.45) is 3.50. The Morgan fingerprint density at radius 3 is 2.59 bits per heavy atom. The molecule has 29 heavy (non-hydrogen) atoms. The minimum absolute atomic E-state index is 0.123. The van der Waals surface area contributed by atoms with Crippen LogP contribution in [-0.2, 0) is 4.79 Å². The van der Waals surface area contributed by atoms with Crippen molar-refractivity contribution in [3.63, 3.8) is 0 Å². The van der Waals surface area contributed by atoms with Gasteiger partial charge in [0.2, 0.25) is 5.91 Å². The minimum atomic E-state index is -0.362. The van der Waals surface area contributed by atoms with E-state index in [-0.39, 0.29) is 18.4 Å². The molecule has 0 fully saturated rings. The van der Waals surface area contributed by atoms with Crippen LogP contribution < -0.4 is 10.1 Å². The molecule has 0 unspecified atom stereocenters. The van der Waals surface area contributed by atoms with Gasteiger partial charge in [-0.3, -0.25) is 9.59 Å². The van der Waals surface area contributed by atoms with Crippen molar-refractivity contribution in [3.8, 4) is 11.4 Å². The van der Waals surface area contributed by atoms with E-state index in [1.807, 2.05) is 6.20 Å². The fraction of sp³-hybridized carbons (Fsp3) is 0.150. The molecule has 7 nitrogen and oxygen atoms in total. The Balaban J connectivity index is 1.64. The number of ether oxygens (including phenoxy) is 1. The van der Waals surface area contributed by atoms with Gasteiger partial charge in [0, 0.05) is 23.8 Å². The smallest absolute Gasteiger partial charge is 0.254 e. The molecule has 0 saturated heterocycles. The van der Waals surface area contributed by atoms with Gasteiger partial charge in [0.25, 0.3) is 5.91 Å². The Hall–Kier alpha value is -2.84. The first-order valence-corrected chi connectivity index (χ1v) is 9.74. The van der Waals surface area contributed by atoms with Crippen molar-refractivity contribution in [2.24, 2.45) is 0 Å². The van der Waals surface area contributed by atoms with Gasteiger partial charge in [-0.1, -0.05) is 11.6 Å². The fourth-order valence-electron chi connectivity index (χ4n) is 2.67. The average Bonchev–Trinajstić information content (AvgIpc) is 3.14. The summed E-state index contributed by atoms with van der Waals surface area (Å²) in [4.78, 5) is 26.3. The van der Waals surface area contributed by atoms with Gasteiger partial charge in [0.1, 0.15) is 5.75 Å². The topological polar surface area (TPSA) is 76.5 Å². The number of hydrogen-bond acceptors (Lipinski definition) is 4. The number of amides is 2. The van der Waals surface area contributed by atoms with E-state index in [0.29, 0.717) is 22.0 Å². The Kier molecular flexibility index (Phi) is 6.56. The highest BCUT2D eigenvalue weighted by atomic mass is 79.9. The van der Waals surface area contributed by atoms with Gasteiger partial charge in [-0.05, 0) is 58.4 Å². The molecular formula is C20H18BrClN4O3. The van der Waals surface area contributed by atoms with Crippen molar-refractivity contribution in [1.29, 1.82) is 0 Å². The number of carbonyl (C=O) groups is 2. The molecule has 1 heterocycles. The van der Waals surface area contributed by atoms with E-state index < -0.39 is 0 Å². The van der Waals surface area contributed by atoms with Crippen LogP contribution >= 0.6 is 27.5 Å². The minimum Gasteiger partial charge on any atom is -0.495 e. The van der Waals surface area contributed by atoms with Crippen molar-refractivity contribution < 1.29 is 14.3 Å². The quantitative estimate of drug-likeness (QED) is 0.582. The van der Waals surface area contributed by atoms with Crippen molar-refractivity contribution in [2.45, 2.75) is 0 Å². The van der Waals surface area contributed by atoms with Gasteiger partial charge in [-0.15, -0.1) is 0 Å². The maximum Gasteiger partial charge on any atom is 0.254 e. The van der Waals surface area contributed by atoms with E-state index in [4.69, 9.17) is 16.3 Å². The van der Waals surface area contributed by atoms with Crippen molar-refractivity contribution in [1.82, 2.24) is 14.7 Å². The first-order valence-electron chi connectivity index (χ1n) is 8.57. The summed E-state index contributed by atoms with van der Waals surface area (Å²) in [5.41, 5.74) is 1.73. The van der Waals surface area contributed by atoms with Crippen molar-refractivity contribution >= 4 is 45.0 Å². The van der Waals surface area contributed by atoms with Crippen molar-refractivity contribution in [3.05, 3.63) is 69.9 Å². The molecule has 0 saturated carbocycles. The number of nitrogens with one attached hydrogen (secondary N) is 1. The molecule has 0 radical (unpaired) electrons. The van der Waals surface area contributed by atoms with E-state index in [1.54, 1.807) is 60.4 Å². The number of rotatable bonds is 6. The lowest BCUT2D eigenvalue weighted by atomic mass is 10.2. The van der Waals surface area contributed by atoms with Crippen LogP contribution in [0.25, 0.3) is 5.69 Å². The zero-order valence-corrected chi connectivity index (χ0v) is 18.1. The van der Waals surface area contributed by atoms with Crippen LogP contribution in [0, 0.1) is 0 Å². The summed E-state index contributed by atoms with van der Waals surface area (Å²) in [5.74, 6) is -0.150. The number of hydrogen-bond donors (Lipinski definition) is 1. The van der Waals surface area contributed by atoms with Crippen LogP contribution in [0.3, 0.4) is 0 Å². The lowest BCUT2D eigenvalue weighted by Gasteiger charge is -2.18. The second-order valence-electron chi connectivity index (χ2n) is 6.20. The van der Waals surface area contributed by atoms with E-state index in [1.165, 1.54) is 12.0 Å². The number of anilines is 1. The molecule has 150 valence electrons. The molecule has 1 N–H and O–H groups in total. The number of likely N-dealkylation sites (N-methyl/N-ethyl adjacent to an activating group) is 1. The summed E-state index contributed by atoms with van der Waals surface area (Å²) in [6.45, 7) is -0.123. The second-order valence-corrected chi connectivity index (χ2v) is 7.56. The molecule has 2 aromatic carbocycles. The second kappa shape index (κ2) is 9.11. The Morgan fingerprint density at radius 2 is 1.97 bits per heavy atom. The Morgan fingerprint density at radius 1 is 1.24 bits per heavy atom. The lowest BCUT2D eigenvalue weighted by Crippen LogP contribution is -2.35. The molecule has 9 heteroatoms. The summed E-state index contributed by atoms with van der Waals surface area (Å²) in [5, 5.41) is 7.38. The molecule has 0 aliphatic carbocycles. The predicted molar refractivity (Wildman–Crippen MR) is 115 cm³/mol. The molecule has 3 aromatic rings. The van der Waals surface area contributed by atoms with Crippen LogP contribution in [0.15, 0.2) is 59.3 Å². The van der Waals surface area contributed by atoms with E-state index in [9.17, 15) is 9.59 Å². The zero-order chi connectivity index (χ0) is 21.0. The number of halogens is 2. The summed E-state index contributed by atoms with van der Waals surface area (Å²) >= 11 is 9.32. The summed E-state index contributed by atoms with van der Waals surface area (Å²) < 4.78 is 7.76. The molecule has 0 bridgehead atoms. The number of aromatic nitrogens is 2. The van der Waals surface area contributed by atoms with Crippen LogP contribution in [0.5, 0.6) is 5.75 Å². The van der Waals surface area contributed by atoms with Gasteiger partial charge in [0.15, 0.2) is 0 Å². The fourth-order valence-corrected chi connectivity index (χ4v) is 3.13. The molecular weight excluding hydrogens is 460 g/mol. The molecule has 3 rings (SSSR count). The lowest BCUT2D eigenvalue weighted by molar-refractivity contribution is -0.116. The molecule has 1 aromatic heterocycles. The van der Waals surface area contributed by atoms with Crippen LogP contribution in [0.1, 0.15) is 10.4 Å². The molecule has 2 amide bonds. The third kappa shape index (κ3) is 5.16. The number of carbonyl (C=O) groups excluding carboxylic acids is 2. The van der Waals surface area contributed by atoms with Crippen LogP contribution in [0.4, 0.5) is 5.69 Å². The highest BCUT2D eigenvalue weighted by molar-refractivity contribution is 9.10. The Bertz CT molecular complexity index is 1040. The van der Waals surface area contributed by atoms with E-state index in [0.717, 1.165) is 10.2 Å². The number of benzene rings is 2. The molecule has 0 atom stereocenters. The highest BCUT2D eigenvalue weighted by Crippen LogP contribution is 2.27. The van der Waals surface area contributed by atoms with Crippen LogP contribution in [-0.4, -0.2) is 47.2 Å². The Labute approximate surface area is 181 Å². The van der Waals surface area contributed by atoms with Crippen LogP contribution in [0.2, 0.25) is 5.02 Å². The summed E-state index contributed by atoms with van der Waals surface area (Å²) in [6, 6.07) is 11.9. The molecule has 0 spiro atoms. The molecule has 0 aliphatic rings. The number of methoxy groups -OCH3 is 1. The maximum absolute atomic E-state index is 12.6. The first-order chi connectivity index (χ1) is 13.9. The van der Waals surface area contributed by atoms with Gasteiger partial charge in [-0.2, -0.15) is 5.10 Å². The zero-order valence-electron chi connectivity index (χ0n) is 15.7. The highest BCUT2D eigenvalue weighted by Gasteiger charge is 2.16. The van der Waals surface area contributed by atoms with Gasteiger partial charge >= 0.3 is 0 Å². The predicted octanol–water partition coefficient (Wildman–Crippen LogP) is 4.01. The van der Waals surface area contributed by atoms with Gasteiger partial charge in [0.05, 0.1) is 35.7 Å². The monoisotopic (exact) mass is 476 g/mol. The number of nitrogens with zero attached hydrogens (tertiary/aromatic N) is 3. The third-order valence-electron chi connectivity index (χ3n) is 4.09. The third-order valence-corrected chi connectivity index (χ3v) is 4.74. The molecule has 0 aliphatic heterocycles. The average molecular weight is 478 g/mol.